The monoisotopic (exact) mass is 218 g/mol. The molecule has 16 heavy (non-hydrogen) atoms. The van der Waals surface area contributed by atoms with Crippen LogP contribution in [0.3, 0.4) is 0 Å². The molecule has 0 amide bonds. The average Bonchev–Trinajstić information content (AvgIpc) is 2.79. The van der Waals surface area contributed by atoms with Gasteiger partial charge in [-0.2, -0.15) is 0 Å². The van der Waals surface area contributed by atoms with Gasteiger partial charge in [-0.05, 0) is 54.3 Å². The minimum Gasteiger partial charge on any atom is -0.465 e. The van der Waals surface area contributed by atoms with Crippen molar-refractivity contribution in [3.05, 3.63) is 0 Å². The summed E-state index contributed by atoms with van der Waals surface area (Å²) in [5.41, 5.74) is 0. The van der Waals surface area contributed by atoms with Crippen LogP contribution < -0.4 is 0 Å². The van der Waals surface area contributed by atoms with E-state index in [0.717, 1.165) is 48.0 Å². The lowest BCUT2D eigenvalue weighted by atomic mass is 9.36. The van der Waals surface area contributed by atoms with Crippen LogP contribution in [0.25, 0.3) is 0 Å². The summed E-state index contributed by atoms with van der Waals surface area (Å²) >= 11 is 0. The summed E-state index contributed by atoms with van der Waals surface area (Å²) in [5, 5.41) is 0. The molecule has 1 heterocycles. The van der Waals surface area contributed by atoms with E-state index in [1.807, 2.05) is 0 Å². The Balaban J connectivity index is 1.52. The Bertz CT molecular complexity index is 390. The minimum atomic E-state index is 0.139. The topological polar surface area (TPSA) is 26.3 Å². The second-order valence-corrected chi connectivity index (χ2v) is 7.00. The van der Waals surface area contributed by atoms with E-state index in [-0.39, 0.29) is 5.97 Å². The maximum atomic E-state index is 11.7. The molecule has 2 nitrogen and oxygen atoms in total. The van der Waals surface area contributed by atoms with E-state index in [1.165, 1.54) is 12.8 Å². The Hall–Kier alpha value is -0.530. The van der Waals surface area contributed by atoms with E-state index in [0.29, 0.717) is 11.8 Å². The summed E-state index contributed by atoms with van der Waals surface area (Å²) in [6, 6.07) is 0. The molecule has 2 bridgehead atoms. The van der Waals surface area contributed by atoms with Crippen LogP contribution >= 0.6 is 0 Å². The van der Waals surface area contributed by atoms with Crippen LogP contribution in [0.15, 0.2) is 0 Å². The summed E-state index contributed by atoms with van der Waals surface area (Å²) in [6.07, 6.45) is 2.96. The Morgan fingerprint density at radius 3 is 2.75 bits per heavy atom. The molecular weight excluding hydrogens is 200 g/mol. The number of hydrogen-bond acceptors (Lipinski definition) is 2. The van der Waals surface area contributed by atoms with Crippen molar-refractivity contribution in [1.29, 1.82) is 0 Å². The molecule has 1 saturated heterocycles. The predicted octanol–water partition coefficient (Wildman–Crippen LogP) is 1.94. The van der Waals surface area contributed by atoms with Crippen molar-refractivity contribution in [2.75, 3.05) is 6.61 Å². The molecule has 9 unspecified atom stereocenters. The Morgan fingerprint density at radius 2 is 1.88 bits per heavy atom. The fourth-order valence-corrected chi connectivity index (χ4v) is 6.51. The van der Waals surface area contributed by atoms with Gasteiger partial charge in [-0.25, -0.2) is 0 Å². The first-order valence-corrected chi connectivity index (χ1v) is 6.94. The highest BCUT2D eigenvalue weighted by atomic mass is 16.5. The Kier molecular flexibility index (Phi) is 1.25. The van der Waals surface area contributed by atoms with Crippen LogP contribution in [0.5, 0.6) is 0 Å². The SMILES string of the molecule is CC1CC2CC1C1C2C2C3COC(=O)C3C12. The third kappa shape index (κ3) is 0.657. The van der Waals surface area contributed by atoms with Crippen molar-refractivity contribution in [3.8, 4) is 0 Å². The van der Waals surface area contributed by atoms with Gasteiger partial charge in [0.05, 0.1) is 12.5 Å². The van der Waals surface area contributed by atoms with Crippen LogP contribution in [-0.2, 0) is 9.53 Å². The van der Waals surface area contributed by atoms with Crippen LogP contribution in [0, 0.1) is 53.3 Å². The fourth-order valence-electron chi connectivity index (χ4n) is 6.51. The van der Waals surface area contributed by atoms with Crippen molar-refractivity contribution in [2.24, 2.45) is 53.3 Å². The third-order valence-electron chi connectivity index (χ3n) is 6.86. The molecule has 0 aromatic carbocycles. The highest BCUT2D eigenvalue weighted by Crippen LogP contribution is 2.77. The number of ether oxygens (including phenoxy) is 1. The highest BCUT2D eigenvalue weighted by Gasteiger charge is 2.76. The maximum Gasteiger partial charge on any atom is 0.309 e. The van der Waals surface area contributed by atoms with Gasteiger partial charge in [-0.15, -0.1) is 0 Å². The van der Waals surface area contributed by atoms with Gasteiger partial charge in [-0.1, -0.05) is 6.92 Å². The molecule has 0 aromatic heterocycles. The second kappa shape index (κ2) is 2.34. The van der Waals surface area contributed by atoms with Crippen LogP contribution in [0.4, 0.5) is 0 Å². The quantitative estimate of drug-likeness (QED) is 0.581. The first-order chi connectivity index (χ1) is 7.77. The largest absolute Gasteiger partial charge is 0.465 e. The van der Waals surface area contributed by atoms with E-state index in [1.54, 1.807) is 0 Å². The molecule has 0 spiro atoms. The first kappa shape index (κ1) is 8.54. The van der Waals surface area contributed by atoms with Crippen molar-refractivity contribution >= 4 is 5.97 Å². The van der Waals surface area contributed by atoms with Gasteiger partial charge in [0.2, 0.25) is 0 Å². The average molecular weight is 218 g/mol. The van der Waals surface area contributed by atoms with Crippen molar-refractivity contribution < 1.29 is 9.53 Å². The molecule has 2 heteroatoms. The lowest BCUT2D eigenvalue weighted by molar-refractivity contribution is -0.211. The van der Waals surface area contributed by atoms with Gasteiger partial charge >= 0.3 is 5.97 Å². The first-order valence-electron chi connectivity index (χ1n) is 6.94. The lowest BCUT2D eigenvalue weighted by Crippen LogP contribution is -2.66. The summed E-state index contributed by atoms with van der Waals surface area (Å²) < 4.78 is 5.26. The summed E-state index contributed by atoms with van der Waals surface area (Å²) in [6.45, 7) is 3.18. The summed E-state index contributed by atoms with van der Waals surface area (Å²) in [5.74, 6) is 7.59. The molecule has 5 fully saturated rings. The lowest BCUT2D eigenvalue weighted by Gasteiger charge is -2.66. The zero-order valence-corrected chi connectivity index (χ0v) is 9.63. The number of carbonyl (C=O) groups is 1. The van der Waals surface area contributed by atoms with Gasteiger partial charge in [0, 0.05) is 5.92 Å². The number of cyclic esters (lactones) is 1. The number of hydrogen-bond donors (Lipinski definition) is 0. The molecule has 4 aliphatic carbocycles. The number of fused-ring (bicyclic) bond motifs is 11. The molecule has 9 atom stereocenters. The fraction of sp³-hybridized carbons (Fsp3) is 0.929. The Labute approximate surface area is 95.7 Å². The molecule has 0 radical (unpaired) electrons. The van der Waals surface area contributed by atoms with Crippen molar-refractivity contribution in [1.82, 2.24) is 0 Å². The molecular formula is C14H18O2. The maximum absolute atomic E-state index is 11.7. The van der Waals surface area contributed by atoms with E-state index >= 15 is 0 Å². The summed E-state index contributed by atoms with van der Waals surface area (Å²) in [4.78, 5) is 11.7. The van der Waals surface area contributed by atoms with Crippen molar-refractivity contribution in [2.45, 2.75) is 19.8 Å². The second-order valence-electron chi connectivity index (χ2n) is 7.00. The molecule has 4 saturated carbocycles. The van der Waals surface area contributed by atoms with E-state index in [2.05, 4.69) is 6.92 Å². The molecule has 5 aliphatic rings. The van der Waals surface area contributed by atoms with Gasteiger partial charge < -0.3 is 4.74 Å². The number of carbonyl (C=O) groups excluding carboxylic acids is 1. The van der Waals surface area contributed by atoms with Gasteiger partial charge in [0.1, 0.15) is 0 Å². The number of esters is 1. The zero-order valence-electron chi connectivity index (χ0n) is 9.63. The van der Waals surface area contributed by atoms with Crippen LogP contribution in [-0.4, -0.2) is 12.6 Å². The summed E-state index contributed by atoms with van der Waals surface area (Å²) in [7, 11) is 0. The minimum absolute atomic E-state index is 0.139. The van der Waals surface area contributed by atoms with E-state index < -0.39 is 0 Å². The zero-order chi connectivity index (χ0) is 10.6. The van der Waals surface area contributed by atoms with Gasteiger partial charge in [0.15, 0.2) is 0 Å². The Morgan fingerprint density at radius 1 is 1.06 bits per heavy atom. The van der Waals surface area contributed by atoms with Crippen LogP contribution in [0.2, 0.25) is 0 Å². The molecule has 0 N–H and O–H groups in total. The normalized spacial score (nSPS) is 68.8. The molecule has 0 aromatic rings. The predicted molar refractivity (Wildman–Crippen MR) is 57.3 cm³/mol. The number of rotatable bonds is 0. The van der Waals surface area contributed by atoms with Crippen LogP contribution in [0.1, 0.15) is 19.8 Å². The van der Waals surface area contributed by atoms with E-state index in [9.17, 15) is 4.79 Å². The highest BCUT2D eigenvalue weighted by molar-refractivity contribution is 5.77. The molecule has 86 valence electrons. The molecule has 5 rings (SSSR count). The van der Waals surface area contributed by atoms with Gasteiger partial charge in [0.25, 0.3) is 0 Å². The van der Waals surface area contributed by atoms with Gasteiger partial charge in [-0.3, -0.25) is 4.79 Å². The van der Waals surface area contributed by atoms with Crippen molar-refractivity contribution in [3.63, 3.8) is 0 Å². The molecule has 1 aliphatic heterocycles. The smallest absolute Gasteiger partial charge is 0.309 e. The van der Waals surface area contributed by atoms with E-state index in [4.69, 9.17) is 4.74 Å². The standard InChI is InChI=1S/C14H18O2/c1-5-2-6-3-7(5)10-9(6)11-8-4-16-14(15)12(8)13(10)11/h5-13H,2-4H2,1H3. The third-order valence-corrected chi connectivity index (χ3v) is 6.86.